The van der Waals surface area contributed by atoms with Crippen molar-refractivity contribution in [1.29, 1.82) is 5.41 Å². The van der Waals surface area contributed by atoms with Crippen LogP contribution in [0.25, 0.3) is 11.8 Å². The van der Waals surface area contributed by atoms with Gasteiger partial charge >= 0.3 is 0 Å². The van der Waals surface area contributed by atoms with E-state index in [0.29, 0.717) is 24.1 Å². The van der Waals surface area contributed by atoms with Gasteiger partial charge in [-0.3, -0.25) is 15.1 Å². The second-order valence-electron chi connectivity index (χ2n) is 8.44. The molecule has 0 unspecified atom stereocenters. The van der Waals surface area contributed by atoms with E-state index < -0.39 is 5.91 Å². The minimum Gasteiger partial charge on any atom is -0.490 e. The van der Waals surface area contributed by atoms with Gasteiger partial charge in [0.25, 0.3) is 5.91 Å². The van der Waals surface area contributed by atoms with E-state index in [2.05, 4.69) is 18.8 Å². The predicted octanol–water partition coefficient (Wildman–Crippen LogP) is 6.07. The van der Waals surface area contributed by atoms with Gasteiger partial charge in [-0.25, -0.2) is 0 Å². The molecule has 0 aromatic heterocycles. The van der Waals surface area contributed by atoms with Crippen LogP contribution in [-0.2, 0) is 4.79 Å². The van der Waals surface area contributed by atoms with Crippen molar-refractivity contribution in [2.24, 2.45) is 4.99 Å². The maximum atomic E-state index is 12.8. The lowest BCUT2D eigenvalue weighted by molar-refractivity contribution is -0.114. The SMILES string of the molecule is Cc1ccc(OCCOc2cccc(/C=C3/C(=N)N4C(c5ccccc5)=CSC4=NC3=O)c2)cc1C. The molecule has 1 amide bonds. The molecule has 0 saturated heterocycles. The molecule has 3 aromatic rings. The molecule has 3 aromatic carbocycles. The summed E-state index contributed by atoms with van der Waals surface area (Å²) in [5.41, 5.74) is 5.21. The van der Waals surface area contributed by atoms with Gasteiger partial charge in [-0.1, -0.05) is 60.3 Å². The van der Waals surface area contributed by atoms with Gasteiger partial charge < -0.3 is 9.47 Å². The fourth-order valence-corrected chi connectivity index (χ4v) is 4.79. The Bertz CT molecular complexity index is 1430. The summed E-state index contributed by atoms with van der Waals surface area (Å²) in [5, 5.41) is 11.2. The molecule has 6 nitrogen and oxygen atoms in total. The summed E-state index contributed by atoms with van der Waals surface area (Å²) < 4.78 is 11.7. The van der Waals surface area contributed by atoms with E-state index in [1.54, 1.807) is 11.0 Å². The molecule has 0 spiro atoms. The van der Waals surface area contributed by atoms with Crippen LogP contribution in [0.3, 0.4) is 0 Å². The Morgan fingerprint density at radius 1 is 0.917 bits per heavy atom. The molecule has 0 atom stereocenters. The van der Waals surface area contributed by atoms with E-state index in [9.17, 15) is 4.79 Å². The first-order valence-electron chi connectivity index (χ1n) is 11.6. The number of rotatable bonds is 7. The van der Waals surface area contributed by atoms with Crippen molar-refractivity contribution in [1.82, 2.24) is 4.90 Å². The van der Waals surface area contributed by atoms with Crippen molar-refractivity contribution in [3.63, 3.8) is 0 Å². The summed E-state index contributed by atoms with van der Waals surface area (Å²) in [5.74, 6) is 1.17. The molecule has 180 valence electrons. The first-order chi connectivity index (χ1) is 17.5. The maximum Gasteiger partial charge on any atom is 0.283 e. The molecule has 0 bridgehead atoms. The average molecular weight is 496 g/mol. The quantitative estimate of drug-likeness (QED) is 0.318. The van der Waals surface area contributed by atoms with Crippen molar-refractivity contribution in [3.8, 4) is 11.5 Å². The highest BCUT2D eigenvalue weighted by molar-refractivity contribution is 8.17. The molecule has 36 heavy (non-hydrogen) atoms. The molecule has 0 radical (unpaired) electrons. The number of carbonyl (C=O) groups is 1. The lowest BCUT2D eigenvalue weighted by Gasteiger charge is -2.26. The van der Waals surface area contributed by atoms with E-state index in [1.807, 2.05) is 78.2 Å². The minimum absolute atomic E-state index is 0.109. The first kappa shape index (κ1) is 23.6. The van der Waals surface area contributed by atoms with Gasteiger partial charge in [0, 0.05) is 5.41 Å². The number of nitrogens with one attached hydrogen (secondary N) is 1. The second-order valence-corrected chi connectivity index (χ2v) is 9.28. The molecule has 5 rings (SSSR count). The lowest BCUT2D eigenvalue weighted by atomic mass is 10.1. The number of thioether (sulfide) groups is 1. The Hall–Kier alpha value is -4.10. The van der Waals surface area contributed by atoms with Crippen LogP contribution in [-0.4, -0.2) is 35.0 Å². The normalized spacial score (nSPS) is 16.1. The predicted molar refractivity (Wildman–Crippen MR) is 145 cm³/mol. The highest BCUT2D eigenvalue weighted by Gasteiger charge is 2.36. The van der Waals surface area contributed by atoms with E-state index >= 15 is 0 Å². The summed E-state index contributed by atoms with van der Waals surface area (Å²) in [6.45, 7) is 4.92. The van der Waals surface area contributed by atoms with Gasteiger partial charge in [-0.2, -0.15) is 4.99 Å². The molecule has 0 fully saturated rings. The number of aryl methyl sites for hydroxylation is 2. The fraction of sp³-hybridized carbons (Fsp3) is 0.138. The number of ether oxygens (including phenoxy) is 2. The molecule has 0 aliphatic carbocycles. The molecule has 1 N–H and O–H groups in total. The summed E-state index contributed by atoms with van der Waals surface area (Å²) in [4.78, 5) is 18.7. The van der Waals surface area contributed by atoms with Gasteiger partial charge in [-0.15, -0.1) is 0 Å². The highest BCUT2D eigenvalue weighted by Crippen LogP contribution is 2.37. The van der Waals surface area contributed by atoms with Crippen LogP contribution in [0.4, 0.5) is 0 Å². The largest absolute Gasteiger partial charge is 0.490 e. The number of hydrogen-bond donors (Lipinski definition) is 1. The zero-order valence-electron chi connectivity index (χ0n) is 20.0. The van der Waals surface area contributed by atoms with Gasteiger partial charge in [0.05, 0.1) is 11.3 Å². The smallest absolute Gasteiger partial charge is 0.283 e. The van der Waals surface area contributed by atoms with Crippen LogP contribution in [0, 0.1) is 19.3 Å². The number of benzene rings is 3. The highest BCUT2D eigenvalue weighted by atomic mass is 32.2. The molecular weight excluding hydrogens is 470 g/mol. The summed E-state index contributed by atoms with van der Waals surface area (Å²) in [7, 11) is 0. The van der Waals surface area contributed by atoms with Crippen LogP contribution in [0.15, 0.2) is 88.8 Å². The Balaban J connectivity index is 1.27. The third-order valence-corrected chi connectivity index (χ3v) is 6.78. The summed E-state index contributed by atoms with van der Waals surface area (Å²) in [6, 6.07) is 23.2. The van der Waals surface area contributed by atoms with Crippen LogP contribution in [0.2, 0.25) is 0 Å². The van der Waals surface area contributed by atoms with Crippen molar-refractivity contribution in [2.75, 3.05) is 13.2 Å². The molecule has 7 heteroatoms. The van der Waals surface area contributed by atoms with Crippen LogP contribution in [0.5, 0.6) is 11.5 Å². The number of amides is 1. The van der Waals surface area contributed by atoms with E-state index in [-0.39, 0.29) is 11.4 Å². The maximum absolute atomic E-state index is 12.8. The van der Waals surface area contributed by atoms with Crippen molar-refractivity contribution in [2.45, 2.75) is 13.8 Å². The Morgan fingerprint density at radius 2 is 1.67 bits per heavy atom. The number of aliphatic imine (C=N–C) groups is 1. The fourth-order valence-electron chi connectivity index (χ4n) is 3.90. The zero-order chi connectivity index (χ0) is 25.1. The van der Waals surface area contributed by atoms with Crippen molar-refractivity contribution < 1.29 is 14.3 Å². The topological polar surface area (TPSA) is 75.0 Å². The van der Waals surface area contributed by atoms with Crippen LogP contribution < -0.4 is 9.47 Å². The van der Waals surface area contributed by atoms with Crippen LogP contribution >= 0.6 is 11.8 Å². The third-order valence-electron chi connectivity index (χ3n) is 5.95. The molecular formula is C29H25N3O3S. The molecule has 2 aliphatic rings. The van der Waals surface area contributed by atoms with Crippen LogP contribution in [0.1, 0.15) is 22.3 Å². The van der Waals surface area contributed by atoms with Gasteiger partial charge in [-0.05, 0) is 66.4 Å². The van der Waals surface area contributed by atoms with Crippen molar-refractivity contribution >= 4 is 40.4 Å². The number of fused-ring (bicyclic) bond motifs is 1. The van der Waals surface area contributed by atoms with E-state index in [4.69, 9.17) is 14.9 Å². The third kappa shape index (κ3) is 4.97. The second kappa shape index (κ2) is 10.3. The summed E-state index contributed by atoms with van der Waals surface area (Å²) in [6.07, 6.45) is 1.69. The standard InChI is InChI=1S/C29H25N3O3S/c1-19-11-12-24(15-20(19)2)35-14-13-34-23-10-6-7-21(16-23)17-25-27(30)32-26(22-8-4-3-5-9-22)18-36-29(32)31-28(25)33/h3-12,15-18,30H,13-14H2,1-2H3/b25-17-,30-27?. The Morgan fingerprint density at radius 3 is 2.42 bits per heavy atom. The van der Waals surface area contributed by atoms with Gasteiger partial charge in [0.15, 0.2) is 5.17 Å². The summed E-state index contributed by atoms with van der Waals surface area (Å²) >= 11 is 1.35. The number of carbonyl (C=O) groups excluding carboxylic acids is 1. The zero-order valence-corrected chi connectivity index (χ0v) is 20.8. The number of amidine groups is 2. The molecule has 0 saturated carbocycles. The van der Waals surface area contributed by atoms with E-state index in [1.165, 1.54) is 22.9 Å². The Labute approximate surface area is 214 Å². The Kier molecular flexibility index (Phi) is 6.73. The molecule has 2 heterocycles. The minimum atomic E-state index is -0.422. The number of nitrogens with zero attached hydrogens (tertiary/aromatic N) is 2. The first-order valence-corrected chi connectivity index (χ1v) is 12.5. The van der Waals surface area contributed by atoms with E-state index in [0.717, 1.165) is 22.6 Å². The molecule has 2 aliphatic heterocycles. The lowest BCUT2D eigenvalue weighted by Crippen LogP contribution is -2.38. The average Bonchev–Trinajstić information content (AvgIpc) is 3.31. The monoisotopic (exact) mass is 495 g/mol. The number of hydrogen-bond acceptors (Lipinski definition) is 5. The van der Waals surface area contributed by atoms with Crippen molar-refractivity contribution in [3.05, 3.63) is 106 Å². The van der Waals surface area contributed by atoms with Gasteiger partial charge in [0.1, 0.15) is 30.5 Å². The van der Waals surface area contributed by atoms with Gasteiger partial charge in [0.2, 0.25) is 0 Å².